The predicted molar refractivity (Wildman–Crippen MR) is 263 cm³/mol. The third-order valence-electron chi connectivity index (χ3n) is 12.2. The largest absolute Gasteiger partial charge is 0.308 e. The zero-order valence-corrected chi connectivity index (χ0v) is 35.6. The Hall–Kier alpha value is -8.02. The Morgan fingerprint density at radius 2 is 0.984 bits per heavy atom. The van der Waals surface area contributed by atoms with E-state index in [-0.39, 0.29) is 5.41 Å². The molecule has 8 aromatic carbocycles. The van der Waals surface area contributed by atoms with Crippen LogP contribution in [-0.4, -0.2) is 18.7 Å². The summed E-state index contributed by atoms with van der Waals surface area (Å²) in [4.78, 5) is 7.50. The smallest absolute Gasteiger partial charge is 0.168 e. The first-order valence-corrected chi connectivity index (χ1v) is 21.6. The van der Waals surface area contributed by atoms with Gasteiger partial charge in [0.2, 0.25) is 0 Å². The maximum atomic E-state index is 5.03. The van der Waals surface area contributed by atoms with Crippen LogP contribution in [0.4, 0.5) is 17.1 Å². The van der Waals surface area contributed by atoms with E-state index in [1.165, 1.54) is 16.3 Å². The van der Waals surface area contributed by atoms with Crippen LogP contribution in [0.1, 0.15) is 26.3 Å². The standard InChI is InChI=1S/C58H46N5/c1-58(2,3)43-35-36-59-56(37-43)63-52-30-14-13-27-50(52)51-34-33-47(39-55(51)63)62(57-48(41-19-7-4-8-20-41)28-18-29-49(57)42-21-9-5-10-22-42)46-26-17-25-45(38-46)61-40-60(44-23-11-6-12-24-44)53-31-15-16-32-54(53)61/h4-40H,1-3H3/q+1. The van der Waals surface area contributed by atoms with Gasteiger partial charge in [-0.25, -0.2) is 4.98 Å². The van der Waals surface area contributed by atoms with Gasteiger partial charge in [0.25, 0.3) is 0 Å². The second-order valence-corrected chi connectivity index (χ2v) is 17.2. The fraction of sp³-hybridized carbons (Fsp3) is 0.0690. The van der Waals surface area contributed by atoms with Crippen molar-refractivity contribution in [3.05, 3.63) is 230 Å². The van der Waals surface area contributed by atoms with E-state index in [0.717, 1.165) is 78.6 Å². The summed E-state index contributed by atoms with van der Waals surface area (Å²) in [5.41, 5.74) is 15.6. The molecule has 5 heteroatoms. The highest BCUT2D eigenvalue weighted by atomic mass is 15.2. The normalized spacial score (nSPS) is 11.7. The summed E-state index contributed by atoms with van der Waals surface area (Å²) < 4.78 is 6.92. The molecule has 11 rings (SSSR count). The number of nitrogens with zero attached hydrogens (tertiary/aromatic N) is 5. The van der Waals surface area contributed by atoms with Crippen LogP contribution in [0, 0.1) is 0 Å². The fourth-order valence-corrected chi connectivity index (χ4v) is 9.14. The highest BCUT2D eigenvalue weighted by Crippen LogP contribution is 2.48. The lowest BCUT2D eigenvalue weighted by molar-refractivity contribution is 0.588. The number of rotatable bonds is 8. The fourth-order valence-electron chi connectivity index (χ4n) is 9.14. The third kappa shape index (κ3) is 6.75. The molecule has 11 aromatic rings. The Kier molecular flexibility index (Phi) is 9.31. The van der Waals surface area contributed by atoms with Crippen molar-refractivity contribution in [3.8, 4) is 39.4 Å². The van der Waals surface area contributed by atoms with Gasteiger partial charge in [0.1, 0.15) is 17.2 Å². The van der Waals surface area contributed by atoms with Crippen molar-refractivity contribution in [2.24, 2.45) is 0 Å². The summed E-state index contributed by atoms with van der Waals surface area (Å²) >= 11 is 0. The summed E-state index contributed by atoms with van der Waals surface area (Å²) in [6.45, 7) is 6.77. The molecule has 0 aliphatic heterocycles. The molecular formula is C58H46N5+. The number of anilines is 3. The third-order valence-corrected chi connectivity index (χ3v) is 12.2. The summed E-state index contributed by atoms with van der Waals surface area (Å²) in [6.07, 6.45) is 4.16. The molecule has 0 saturated heterocycles. The van der Waals surface area contributed by atoms with E-state index in [0.29, 0.717) is 0 Å². The lowest BCUT2D eigenvalue weighted by Gasteiger charge is -2.30. The van der Waals surface area contributed by atoms with Crippen LogP contribution in [0.3, 0.4) is 0 Å². The van der Waals surface area contributed by atoms with E-state index in [1.54, 1.807) is 0 Å². The van der Waals surface area contributed by atoms with E-state index >= 15 is 0 Å². The minimum atomic E-state index is -0.0379. The van der Waals surface area contributed by atoms with Crippen LogP contribution in [-0.2, 0) is 5.41 Å². The number of imidazole rings is 1. The highest BCUT2D eigenvalue weighted by Gasteiger charge is 2.26. The SMILES string of the molecule is CC(C)(C)c1ccnc(-n2c3ccccc3c3ccc(N(c4cccc(-n5[cH+]n(-c6ccccc6)c6ccccc65)c4)c4c(-c5ccccc5)cccc4-c4ccccc4)cc32)c1. The van der Waals surface area contributed by atoms with Gasteiger partial charge in [0, 0.05) is 52.0 Å². The van der Waals surface area contributed by atoms with Crippen molar-refractivity contribution in [1.82, 2.24) is 18.7 Å². The topological polar surface area (TPSA) is 30.9 Å². The van der Waals surface area contributed by atoms with Gasteiger partial charge in [-0.15, -0.1) is 0 Å². The first kappa shape index (κ1) is 37.9. The van der Waals surface area contributed by atoms with Crippen LogP contribution >= 0.6 is 0 Å². The minimum absolute atomic E-state index is 0.0379. The molecule has 0 N–H and O–H groups in total. The molecule has 0 saturated carbocycles. The Morgan fingerprint density at radius 1 is 0.444 bits per heavy atom. The molecular weight excluding hydrogens is 767 g/mol. The quantitative estimate of drug-likeness (QED) is 0.143. The van der Waals surface area contributed by atoms with Crippen LogP contribution < -0.4 is 4.90 Å². The maximum absolute atomic E-state index is 5.03. The highest BCUT2D eigenvalue weighted by molar-refractivity contribution is 6.11. The van der Waals surface area contributed by atoms with Crippen molar-refractivity contribution in [1.29, 1.82) is 0 Å². The lowest BCUT2D eigenvalue weighted by atomic mass is 9.88. The van der Waals surface area contributed by atoms with Gasteiger partial charge in [-0.05, 0) is 76.7 Å². The van der Waals surface area contributed by atoms with Crippen LogP contribution in [0.5, 0.6) is 0 Å². The number of benzene rings is 8. The zero-order valence-electron chi connectivity index (χ0n) is 35.6. The number of aromatic nitrogens is 4. The van der Waals surface area contributed by atoms with Crippen LogP contribution in [0.25, 0.3) is 72.3 Å². The predicted octanol–water partition coefficient (Wildman–Crippen LogP) is 15.3. The number of para-hydroxylation sites is 5. The summed E-state index contributed by atoms with van der Waals surface area (Å²) in [5.74, 6) is 0.903. The van der Waals surface area contributed by atoms with E-state index in [4.69, 9.17) is 4.98 Å². The Bertz CT molecular complexity index is 3370. The average Bonchev–Trinajstić information content (AvgIpc) is 3.89. The molecule has 302 valence electrons. The van der Waals surface area contributed by atoms with Gasteiger partial charge in [0.05, 0.1) is 22.4 Å². The molecule has 3 aromatic heterocycles. The van der Waals surface area contributed by atoms with Crippen molar-refractivity contribution in [2.75, 3.05) is 4.90 Å². The van der Waals surface area contributed by atoms with E-state index in [1.807, 2.05) is 6.20 Å². The maximum Gasteiger partial charge on any atom is 0.168 e. The van der Waals surface area contributed by atoms with Crippen molar-refractivity contribution < 1.29 is 0 Å². The Balaban J connectivity index is 1.20. The van der Waals surface area contributed by atoms with Crippen molar-refractivity contribution in [3.63, 3.8) is 0 Å². The molecule has 63 heavy (non-hydrogen) atoms. The molecule has 0 amide bonds. The number of hydrogen-bond donors (Lipinski definition) is 0. The van der Waals surface area contributed by atoms with Gasteiger partial charge in [0.15, 0.2) is 17.4 Å². The molecule has 0 aliphatic carbocycles. The summed E-state index contributed by atoms with van der Waals surface area (Å²) in [6, 6.07) is 76.4. The first-order valence-electron chi connectivity index (χ1n) is 21.6. The van der Waals surface area contributed by atoms with Crippen LogP contribution in [0.15, 0.2) is 225 Å². The molecule has 3 heterocycles. The molecule has 0 atom stereocenters. The van der Waals surface area contributed by atoms with Crippen molar-refractivity contribution in [2.45, 2.75) is 26.2 Å². The Labute approximate surface area is 368 Å². The molecule has 0 bridgehead atoms. The van der Waals surface area contributed by atoms with Crippen molar-refractivity contribution >= 4 is 49.9 Å². The average molecular weight is 813 g/mol. The summed E-state index contributed by atoms with van der Waals surface area (Å²) in [7, 11) is 0. The molecule has 0 aliphatic rings. The van der Waals surface area contributed by atoms with E-state index < -0.39 is 0 Å². The molecule has 0 spiro atoms. The van der Waals surface area contributed by atoms with Gasteiger partial charge in [-0.2, -0.15) is 9.13 Å². The molecule has 0 radical (unpaired) electrons. The van der Waals surface area contributed by atoms with E-state index in [2.05, 4.69) is 258 Å². The number of fused-ring (bicyclic) bond motifs is 4. The van der Waals surface area contributed by atoms with Gasteiger partial charge in [-0.1, -0.05) is 160 Å². The summed E-state index contributed by atoms with van der Waals surface area (Å²) in [5, 5.41) is 2.37. The Morgan fingerprint density at radius 3 is 1.65 bits per heavy atom. The lowest BCUT2D eigenvalue weighted by Crippen LogP contribution is -2.14. The minimum Gasteiger partial charge on any atom is -0.308 e. The van der Waals surface area contributed by atoms with Gasteiger partial charge in [-0.3, -0.25) is 4.57 Å². The second-order valence-electron chi connectivity index (χ2n) is 17.2. The zero-order chi connectivity index (χ0) is 42.5. The number of pyridine rings is 1. The molecule has 0 fully saturated rings. The molecule has 0 unspecified atom stereocenters. The van der Waals surface area contributed by atoms with Crippen LogP contribution in [0.2, 0.25) is 0 Å². The number of hydrogen-bond acceptors (Lipinski definition) is 2. The monoisotopic (exact) mass is 812 g/mol. The first-order chi connectivity index (χ1) is 30.9. The second kappa shape index (κ2) is 15.5. The van der Waals surface area contributed by atoms with Gasteiger partial charge >= 0.3 is 0 Å². The van der Waals surface area contributed by atoms with E-state index in [9.17, 15) is 0 Å². The molecule has 5 nitrogen and oxygen atoms in total. The van der Waals surface area contributed by atoms with Gasteiger partial charge < -0.3 is 4.90 Å².